The van der Waals surface area contributed by atoms with Crippen molar-refractivity contribution < 1.29 is 18.5 Å². The van der Waals surface area contributed by atoms with E-state index >= 15 is 0 Å². The molecule has 3 rings (SSSR count). The van der Waals surface area contributed by atoms with Gasteiger partial charge in [-0.05, 0) is 68.9 Å². The number of amides is 1. The minimum Gasteiger partial charge on any atom is -0.444 e. The summed E-state index contributed by atoms with van der Waals surface area (Å²) in [5.74, 6) is 0.597. The summed E-state index contributed by atoms with van der Waals surface area (Å²) in [4.78, 5) is 28.8. The van der Waals surface area contributed by atoms with Crippen LogP contribution in [0.4, 0.5) is 4.79 Å². The van der Waals surface area contributed by atoms with Gasteiger partial charge in [-0.3, -0.25) is 9.78 Å². The van der Waals surface area contributed by atoms with Crippen LogP contribution in [0, 0.1) is 12.8 Å². The second-order valence-corrected chi connectivity index (χ2v) is 11.1. The lowest BCUT2D eigenvalue weighted by Crippen LogP contribution is -2.32. The smallest absolute Gasteiger partial charge is 0.407 e. The van der Waals surface area contributed by atoms with Crippen LogP contribution in [0.15, 0.2) is 42.5 Å². The standard InChI is InChI=1S/C29H36N2O4S/c1-18(2)14-26-24(16-30-28(33)34-29(5,6)7)27(22-11-8-19(3)9-12-22)23-15-21(10-13-25(23)31-26)17-36-35-20(4)32/h8-13,15,18H,14,16-17H2,1-7H3,(H,30,33). The van der Waals surface area contributed by atoms with Gasteiger partial charge < -0.3 is 14.2 Å². The normalized spacial score (nSPS) is 11.6. The number of rotatable bonds is 8. The van der Waals surface area contributed by atoms with Crippen LogP contribution in [0.25, 0.3) is 22.0 Å². The fraction of sp³-hybridized carbons (Fsp3) is 0.414. The number of aromatic nitrogens is 1. The number of ether oxygens (including phenoxy) is 1. The Labute approximate surface area is 218 Å². The van der Waals surface area contributed by atoms with Gasteiger partial charge in [0.1, 0.15) is 5.60 Å². The predicted molar refractivity (Wildman–Crippen MR) is 147 cm³/mol. The molecular weight excluding hydrogens is 472 g/mol. The van der Waals surface area contributed by atoms with E-state index < -0.39 is 11.7 Å². The summed E-state index contributed by atoms with van der Waals surface area (Å²) >= 11 is 1.12. The number of hydrogen-bond acceptors (Lipinski definition) is 6. The van der Waals surface area contributed by atoms with Crippen molar-refractivity contribution in [3.05, 3.63) is 64.8 Å². The highest BCUT2D eigenvalue weighted by Crippen LogP contribution is 2.35. The Hall–Kier alpha value is -3.06. The van der Waals surface area contributed by atoms with E-state index in [-0.39, 0.29) is 5.97 Å². The number of aryl methyl sites for hydroxylation is 1. The van der Waals surface area contributed by atoms with E-state index in [0.717, 1.165) is 57.3 Å². The maximum absolute atomic E-state index is 12.6. The van der Waals surface area contributed by atoms with Gasteiger partial charge in [-0.25, -0.2) is 4.79 Å². The molecule has 0 unspecified atom stereocenters. The lowest BCUT2D eigenvalue weighted by molar-refractivity contribution is -0.130. The van der Waals surface area contributed by atoms with Crippen molar-refractivity contribution >= 4 is 35.0 Å². The molecule has 0 aliphatic carbocycles. The first-order chi connectivity index (χ1) is 16.9. The molecule has 1 aromatic heterocycles. The Kier molecular flexibility index (Phi) is 9.01. The van der Waals surface area contributed by atoms with E-state index in [0.29, 0.717) is 18.2 Å². The summed E-state index contributed by atoms with van der Waals surface area (Å²) in [6.07, 6.45) is 0.323. The van der Waals surface area contributed by atoms with Gasteiger partial charge >= 0.3 is 12.1 Å². The molecule has 36 heavy (non-hydrogen) atoms. The third-order valence-electron chi connectivity index (χ3n) is 5.39. The monoisotopic (exact) mass is 508 g/mol. The van der Waals surface area contributed by atoms with Crippen LogP contribution >= 0.6 is 12.0 Å². The van der Waals surface area contributed by atoms with Crippen molar-refractivity contribution in [1.29, 1.82) is 0 Å². The maximum atomic E-state index is 12.6. The molecule has 2 aromatic carbocycles. The van der Waals surface area contributed by atoms with Gasteiger partial charge in [0.15, 0.2) is 0 Å². The van der Waals surface area contributed by atoms with E-state index in [1.807, 2.05) is 32.9 Å². The maximum Gasteiger partial charge on any atom is 0.407 e. The molecule has 0 fully saturated rings. The summed E-state index contributed by atoms with van der Waals surface area (Å²) in [5.41, 5.74) is 6.55. The molecule has 0 saturated heterocycles. The zero-order valence-corrected chi connectivity index (χ0v) is 23.0. The van der Waals surface area contributed by atoms with Crippen LogP contribution in [0.1, 0.15) is 63.9 Å². The average Bonchev–Trinajstić information content (AvgIpc) is 2.76. The van der Waals surface area contributed by atoms with Crippen molar-refractivity contribution in [2.24, 2.45) is 5.92 Å². The summed E-state index contributed by atoms with van der Waals surface area (Å²) in [5, 5.41) is 3.95. The summed E-state index contributed by atoms with van der Waals surface area (Å²) in [7, 11) is 0. The Morgan fingerprint density at radius 1 is 1.08 bits per heavy atom. The highest BCUT2D eigenvalue weighted by atomic mass is 32.2. The molecule has 0 bridgehead atoms. The van der Waals surface area contributed by atoms with E-state index in [9.17, 15) is 9.59 Å². The third-order valence-corrected chi connectivity index (χ3v) is 6.19. The fourth-order valence-corrected chi connectivity index (χ4v) is 4.48. The number of alkyl carbamates (subject to hydrolysis) is 1. The summed E-state index contributed by atoms with van der Waals surface area (Å²) in [6.45, 7) is 13.6. The molecule has 1 heterocycles. The molecule has 192 valence electrons. The van der Waals surface area contributed by atoms with Crippen LogP contribution in [0.3, 0.4) is 0 Å². The largest absolute Gasteiger partial charge is 0.444 e. The minimum absolute atomic E-state index is 0.301. The highest BCUT2D eigenvalue weighted by molar-refractivity contribution is 7.94. The van der Waals surface area contributed by atoms with Crippen LogP contribution in [0.2, 0.25) is 0 Å². The minimum atomic E-state index is -0.583. The topological polar surface area (TPSA) is 77.5 Å². The van der Waals surface area contributed by atoms with Crippen LogP contribution in [-0.4, -0.2) is 22.6 Å². The Balaban J connectivity index is 2.16. The third kappa shape index (κ3) is 7.72. The summed E-state index contributed by atoms with van der Waals surface area (Å²) in [6, 6.07) is 14.5. The first-order valence-electron chi connectivity index (χ1n) is 12.2. The highest BCUT2D eigenvalue weighted by Gasteiger charge is 2.21. The lowest BCUT2D eigenvalue weighted by Gasteiger charge is -2.22. The van der Waals surface area contributed by atoms with Gasteiger partial charge in [-0.1, -0.05) is 49.7 Å². The molecule has 0 radical (unpaired) electrons. The first-order valence-corrected chi connectivity index (χ1v) is 13.1. The molecule has 7 heteroatoms. The average molecular weight is 509 g/mol. The number of fused-ring (bicyclic) bond motifs is 1. The first kappa shape index (κ1) is 27.5. The van der Waals surface area contributed by atoms with Crippen molar-refractivity contribution in [3.8, 4) is 11.1 Å². The van der Waals surface area contributed by atoms with Gasteiger partial charge in [0.25, 0.3) is 0 Å². The molecular formula is C29H36N2O4S. The molecule has 0 spiro atoms. The molecule has 1 amide bonds. The molecule has 3 aromatic rings. The van der Waals surface area contributed by atoms with Crippen molar-refractivity contribution in [3.63, 3.8) is 0 Å². The zero-order valence-electron chi connectivity index (χ0n) is 22.2. The van der Waals surface area contributed by atoms with Crippen LogP contribution < -0.4 is 5.32 Å². The van der Waals surface area contributed by atoms with E-state index in [4.69, 9.17) is 13.9 Å². The SMILES string of the molecule is CC(=O)OSCc1ccc2nc(CC(C)C)c(CNC(=O)OC(C)(C)C)c(-c3ccc(C)cc3)c2c1. The van der Waals surface area contributed by atoms with Gasteiger partial charge in [0.2, 0.25) is 0 Å². The fourth-order valence-electron chi connectivity index (χ4n) is 3.94. The second-order valence-electron chi connectivity index (χ2n) is 10.4. The Bertz CT molecular complexity index is 1230. The number of hydrogen-bond donors (Lipinski definition) is 1. The Morgan fingerprint density at radius 2 is 1.78 bits per heavy atom. The van der Waals surface area contributed by atoms with Gasteiger partial charge in [0.05, 0.1) is 23.3 Å². The number of carbonyl (C=O) groups excluding carboxylic acids is 2. The molecule has 0 aliphatic rings. The number of carbonyl (C=O) groups is 2. The lowest BCUT2D eigenvalue weighted by atomic mass is 9.90. The molecule has 0 atom stereocenters. The van der Waals surface area contributed by atoms with Crippen molar-refractivity contribution in [1.82, 2.24) is 10.3 Å². The zero-order chi connectivity index (χ0) is 26.5. The molecule has 6 nitrogen and oxygen atoms in total. The van der Waals surface area contributed by atoms with Crippen LogP contribution in [-0.2, 0) is 32.4 Å². The van der Waals surface area contributed by atoms with E-state index in [1.165, 1.54) is 12.5 Å². The van der Waals surface area contributed by atoms with E-state index in [1.54, 1.807) is 0 Å². The second kappa shape index (κ2) is 11.8. The number of pyridine rings is 1. The molecule has 1 N–H and O–H groups in total. The predicted octanol–water partition coefficient (Wildman–Crippen LogP) is 7.14. The Morgan fingerprint density at radius 3 is 2.39 bits per heavy atom. The number of nitrogens with zero attached hydrogens (tertiary/aromatic N) is 1. The van der Waals surface area contributed by atoms with Crippen molar-refractivity contribution in [2.45, 2.75) is 72.8 Å². The quantitative estimate of drug-likeness (QED) is 0.326. The molecule has 0 aliphatic heterocycles. The number of nitrogens with one attached hydrogen (secondary N) is 1. The van der Waals surface area contributed by atoms with Gasteiger partial charge in [-0.15, -0.1) is 0 Å². The summed E-state index contributed by atoms with van der Waals surface area (Å²) < 4.78 is 10.6. The molecule has 0 saturated carbocycles. The van der Waals surface area contributed by atoms with E-state index in [2.05, 4.69) is 56.4 Å². The van der Waals surface area contributed by atoms with Gasteiger partial charge in [-0.2, -0.15) is 0 Å². The number of benzene rings is 2. The van der Waals surface area contributed by atoms with Gasteiger partial charge in [0, 0.05) is 30.1 Å². The van der Waals surface area contributed by atoms with Crippen LogP contribution in [0.5, 0.6) is 0 Å². The van der Waals surface area contributed by atoms with Crippen molar-refractivity contribution in [2.75, 3.05) is 0 Å².